The summed E-state index contributed by atoms with van der Waals surface area (Å²) in [7, 11) is -2.87. The molecule has 1 N–H and O–H groups in total. The number of amides is 1. The lowest BCUT2D eigenvalue weighted by atomic mass is 10.2. The zero-order valence-corrected chi connectivity index (χ0v) is 20.2. The van der Waals surface area contributed by atoms with Gasteiger partial charge in [-0.2, -0.15) is 5.10 Å². The van der Waals surface area contributed by atoms with Crippen molar-refractivity contribution in [1.29, 1.82) is 0 Å². The number of nitro groups is 1. The summed E-state index contributed by atoms with van der Waals surface area (Å²) in [5.41, 5.74) is 3.10. The van der Waals surface area contributed by atoms with Crippen LogP contribution >= 0.6 is 11.3 Å². The van der Waals surface area contributed by atoms with Crippen molar-refractivity contribution >= 4 is 44.4 Å². The molecule has 3 aromatic rings. The lowest BCUT2D eigenvalue weighted by Crippen LogP contribution is -2.39. The van der Waals surface area contributed by atoms with Gasteiger partial charge in [0.2, 0.25) is 0 Å². The van der Waals surface area contributed by atoms with Crippen LogP contribution in [0.25, 0.3) is 0 Å². The summed E-state index contributed by atoms with van der Waals surface area (Å²) < 4.78 is 33.0. The molecule has 2 aromatic carbocycles. The van der Waals surface area contributed by atoms with E-state index in [2.05, 4.69) is 10.5 Å². The van der Waals surface area contributed by atoms with Crippen LogP contribution in [0.1, 0.15) is 17.4 Å². The van der Waals surface area contributed by atoms with Crippen LogP contribution in [0.3, 0.4) is 0 Å². The molecule has 12 heteroatoms. The molecule has 0 saturated carbocycles. The number of methoxy groups -OCH3 is 1. The Balaban J connectivity index is 1.96. The van der Waals surface area contributed by atoms with E-state index in [-0.39, 0.29) is 16.3 Å². The van der Waals surface area contributed by atoms with E-state index in [0.717, 1.165) is 15.2 Å². The number of carbonyl (C=O) groups excluding carboxylic acids is 1. The normalized spacial score (nSPS) is 11.7. The Bertz CT molecular complexity index is 1320. The Morgan fingerprint density at radius 1 is 1.21 bits per heavy atom. The molecule has 0 fully saturated rings. The number of nitrogens with zero attached hydrogens (tertiary/aromatic N) is 3. The van der Waals surface area contributed by atoms with Crippen LogP contribution in [-0.2, 0) is 14.8 Å². The van der Waals surface area contributed by atoms with Gasteiger partial charge in [-0.1, -0.05) is 12.1 Å². The molecule has 0 bridgehead atoms. The molecule has 0 radical (unpaired) electrons. The summed E-state index contributed by atoms with van der Waals surface area (Å²) in [4.78, 5) is 23.9. The van der Waals surface area contributed by atoms with Gasteiger partial charge in [-0.15, -0.1) is 11.3 Å². The van der Waals surface area contributed by atoms with Gasteiger partial charge in [0.05, 0.1) is 28.3 Å². The third-order valence-corrected chi connectivity index (χ3v) is 7.59. The number of nitro benzene ring substituents is 1. The molecule has 0 aliphatic carbocycles. The molecular weight excluding hydrogens is 480 g/mol. The first-order valence-corrected chi connectivity index (χ1v) is 12.2. The molecule has 1 aromatic heterocycles. The largest absolute Gasteiger partial charge is 0.497 e. The second-order valence-electron chi connectivity index (χ2n) is 7.12. The Kier molecular flexibility index (Phi) is 7.64. The van der Waals surface area contributed by atoms with Crippen molar-refractivity contribution in [2.75, 3.05) is 18.0 Å². The zero-order chi connectivity index (χ0) is 24.9. The fourth-order valence-corrected chi connectivity index (χ4v) is 5.11. The summed E-state index contributed by atoms with van der Waals surface area (Å²) in [6.45, 7) is 2.63. The molecule has 0 spiro atoms. The van der Waals surface area contributed by atoms with Gasteiger partial charge in [-0.05, 0) is 55.6 Å². The van der Waals surface area contributed by atoms with E-state index in [1.807, 2.05) is 17.5 Å². The van der Waals surface area contributed by atoms with Crippen molar-refractivity contribution in [2.45, 2.75) is 18.7 Å². The minimum Gasteiger partial charge on any atom is -0.497 e. The molecule has 1 amide bonds. The van der Waals surface area contributed by atoms with Gasteiger partial charge in [0, 0.05) is 16.5 Å². The lowest BCUT2D eigenvalue weighted by molar-refractivity contribution is -0.385. The Morgan fingerprint density at radius 2 is 1.91 bits per heavy atom. The molecule has 10 nitrogen and oxygen atoms in total. The highest BCUT2D eigenvalue weighted by molar-refractivity contribution is 7.92. The van der Waals surface area contributed by atoms with Gasteiger partial charge in [0.15, 0.2) is 0 Å². The van der Waals surface area contributed by atoms with Gasteiger partial charge in [0.1, 0.15) is 12.3 Å². The van der Waals surface area contributed by atoms with Crippen molar-refractivity contribution < 1.29 is 22.9 Å². The number of benzene rings is 2. The number of nitrogens with one attached hydrogen (secondary N) is 1. The van der Waals surface area contributed by atoms with Crippen LogP contribution in [0, 0.1) is 17.0 Å². The highest BCUT2D eigenvalue weighted by Gasteiger charge is 2.29. The number of hydrogen-bond acceptors (Lipinski definition) is 8. The van der Waals surface area contributed by atoms with E-state index in [1.165, 1.54) is 49.6 Å². The predicted molar refractivity (Wildman–Crippen MR) is 130 cm³/mol. The van der Waals surface area contributed by atoms with Crippen LogP contribution in [-0.4, -0.2) is 38.6 Å². The number of sulfonamides is 1. The van der Waals surface area contributed by atoms with Gasteiger partial charge in [-0.25, -0.2) is 13.8 Å². The predicted octanol–water partition coefficient (Wildman–Crippen LogP) is 3.71. The molecule has 0 saturated heterocycles. The molecule has 0 aliphatic heterocycles. The van der Waals surface area contributed by atoms with Gasteiger partial charge in [0.25, 0.3) is 21.6 Å². The van der Waals surface area contributed by atoms with E-state index >= 15 is 0 Å². The quantitative estimate of drug-likeness (QED) is 0.270. The van der Waals surface area contributed by atoms with E-state index in [1.54, 1.807) is 19.1 Å². The third-order valence-electron chi connectivity index (χ3n) is 4.84. The lowest BCUT2D eigenvalue weighted by Gasteiger charge is -2.24. The number of ether oxygens (including phenoxy) is 1. The first-order chi connectivity index (χ1) is 16.1. The fraction of sp³-hybridized carbons (Fsp3) is 0.182. The minimum atomic E-state index is -4.34. The highest BCUT2D eigenvalue weighted by Crippen LogP contribution is 2.29. The average molecular weight is 503 g/mol. The number of hydrogen-bond donors (Lipinski definition) is 1. The van der Waals surface area contributed by atoms with Crippen LogP contribution < -0.4 is 14.5 Å². The SMILES string of the molecule is COc1ccc(N(CC(=O)N/N=C(\C)c2cccs2)S(=O)(=O)c2ccc(C)c([N+](=O)[O-])c2)cc1. The van der Waals surface area contributed by atoms with Crippen LogP contribution in [0.4, 0.5) is 11.4 Å². The molecule has 0 aliphatic rings. The van der Waals surface area contributed by atoms with Crippen LogP contribution in [0.2, 0.25) is 0 Å². The summed E-state index contributed by atoms with van der Waals surface area (Å²) in [5.74, 6) is -0.190. The van der Waals surface area contributed by atoms with E-state index < -0.39 is 27.4 Å². The molecular formula is C22H22N4O6S2. The number of rotatable bonds is 9. The van der Waals surface area contributed by atoms with E-state index in [9.17, 15) is 23.3 Å². The van der Waals surface area contributed by atoms with Crippen molar-refractivity contribution in [1.82, 2.24) is 5.43 Å². The van der Waals surface area contributed by atoms with E-state index in [0.29, 0.717) is 17.0 Å². The second kappa shape index (κ2) is 10.4. The average Bonchev–Trinajstić information content (AvgIpc) is 3.36. The van der Waals surface area contributed by atoms with E-state index in [4.69, 9.17) is 4.74 Å². The zero-order valence-electron chi connectivity index (χ0n) is 18.6. The van der Waals surface area contributed by atoms with Crippen molar-refractivity contribution in [3.63, 3.8) is 0 Å². The Morgan fingerprint density at radius 3 is 2.50 bits per heavy atom. The van der Waals surface area contributed by atoms with Crippen molar-refractivity contribution in [3.8, 4) is 5.75 Å². The number of hydrazone groups is 1. The Labute approximate surface area is 200 Å². The van der Waals surface area contributed by atoms with Crippen LogP contribution in [0.15, 0.2) is 70.0 Å². The summed E-state index contributed by atoms with van der Waals surface area (Å²) in [5, 5.41) is 17.3. The Hall–Kier alpha value is -3.77. The summed E-state index contributed by atoms with van der Waals surface area (Å²) in [6.07, 6.45) is 0. The first-order valence-electron chi connectivity index (χ1n) is 9.92. The molecule has 1 heterocycles. The fourth-order valence-electron chi connectivity index (χ4n) is 2.99. The summed E-state index contributed by atoms with van der Waals surface area (Å²) in [6, 6.07) is 13.3. The van der Waals surface area contributed by atoms with Crippen LogP contribution in [0.5, 0.6) is 5.75 Å². The van der Waals surface area contributed by atoms with Crippen molar-refractivity contribution in [2.24, 2.45) is 5.10 Å². The maximum Gasteiger partial charge on any atom is 0.273 e. The first kappa shape index (κ1) is 24.9. The maximum absolute atomic E-state index is 13.5. The van der Waals surface area contributed by atoms with Gasteiger partial charge in [-0.3, -0.25) is 19.2 Å². The minimum absolute atomic E-state index is 0.179. The number of carbonyl (C=O) groups is 1. The number of anilines is 1. The highest BCUT2D eigenvalue weighted by atomic mass is 32.2. The number of thiophene rings is 1. The molecule has 34 heavy (non-hydrogen) atoms. The topological polar surface area (TPSA) is 131 Å². The molecule has 0 atom stereocenters. The molecule has 3 rings (SSSR count). The molecule has 0 unspecified atom stereocenters. The third kappa shape index (κ3) is 5.58. The second-order valence-corrected chi connectivity index (χ2v) is 9.93. The maximum atomic E-state index is 13.5. The smallest absolute Gasteiger partial charge is 0.273 e. The summed E-state index contributed by atoms with van der Waals surface area (Å²) >= 11 is 1.45. The van der Waals surface area contributed by atoms with Gasteiger partial charge >= 0.3 is 0 Å². The standard InChI is InChI=1S/C22H22N4O6S2/c1-15-6-11-19(13-20(15)26(28)29)34(30,31)25(17-7-9-18(32-3)10-8-17)14-22(27)24-23-16(2)21-5-4-12-33-21/h4-13H,14H2,1-3H3,(H,24,27)/b23-16+. The van der Waals surface area contributed by atoms with Crippen molar-refractivity contribution in [3.05, 3.63) is 80.5 Å². The number of aryl methyl sites for hydroxylation is 1. The molecule has 178 valence electrons. The monoisotopic (exact) mass is 502 g/mol. The van der Waals surface area contributed by atoms with Gasteiger partial charge < -0.3 is 4.74 Å².